The second kappa shape index (κ2) is 8.25. The molecule has 0 radical (unpaired) electrons. The van der Waals surface area contributed by atoms with Gasteiger partial charge in [0.25, 0.3) is 0 Å². The highest BCUT2D eigenvalue weighted by atomic mass is 35.5. The minimum absolute atomic E-state index is 0. The largest absolute Gasteiger partial charge is 0.367 e. The zero-order chi connectivity index (χ0) is 16.7. The average molecular weight is 393 g/mol. The summed E-state index contributed by atoms with van der Waals surface area (Å²) in [6.07, 6.45) is 7.81. The van der Waals surface area contributed by atoms with Crippen LogP contribution in [0.5, 0.6) is 0 Å². The monoisotopic (exact) mass is 392 g/mol. The third kappa shape index (κ3) is 4.48. The SMILES string of the molecule is Cl.Cl.Cn1cc(C2(C)CN(C(=O)C3CCCCC3(C)N)CCO2)cn1. The van der Waals surface area contributed by atoms with Crippen LogP contribution >= 0.6 is 24.8 Å². The molecule has 3 unspecified atom stereocenters. The number of nitrogens with zero attached hydrogens (tertiary/aromatic N) is 3. The van der Waals surface area contributed by atoms with E-state index in [-0.39, 0.29) is 36.6 Å². The van der Waals surface area contributed by atoms with Crippen molar-refractivity contribution in [2.75, 3.05) is 19.7 Å². The Balaban J connectivity index is 0.00000156. The van der Waals surface area contributed by atoms with Gasteiger partial charge in [0.1, 0.15) is 5.60 Å². The van der Waals surface area contributed by atoms with Gasteiger partial charge >= 0.3 is 0 Å². The Labute approximate surface area is 162 Å². The molecule has 3 rings (SSSR count). The van der Waals surface area contributed by atoms with E-state index in [2.05, 4.69) is 5.10 Å². The molecule has 144 valence electrons. The summed E-state index contributed by atoms with van der Waals surface area (Å²) in [7, 11) is 1.89. The zero-order valence-corrected chi connectivity index (χ0v) is 16.9. The molecule has 3 atom stereocenters. The number of ether oxygens (including phenoxy) is 1. The Kier molecular flexibility index (Phi) is 7.33. The van der Waals surface area contributed by atoms with Gasteiger partial charge < -0.3 is 15.4 Å². The highest BCUT2D eigenvalue weighted by Gasteiger charge is 2.43. The Hall–Kier alpha value is -0.820. The van der Waals surface area contributed by atoms with Gasteiger partial charge in [0, 0.05) is 30.9 Å². The maximum Gasteiger partial charge on any atom is 0.227 e. The fraction of sp³-hybridized carbons (Fsp3) is 0.765. The van der Waals surface area contributed by atoms with E-state index in [1.54, 1.807) is 4.68 Å². The highest BCUT2D eigenvalue weighted by Crippen LogP contribution is 2.35. The first-order chi connectivity index (χ1) is 10.8. The van der Waals surface area contributed by atoms with Crippen molar-refractivity contribution in [3.8, 4) is 0 Å². The molecule has 1 saturated carbocycles. The molecule has 2 heterocycles. The Morgan fingerprint density at radius 3 is 2.68 bits per heavy atom. The van der Waals surface area contributed by atoms with Crippen LogP contribution in [0.15, 0.2) is 12.4 Å². The number of nitrogens with two attached hydrogens (primary N) is 1. The molecule has 6 nitrogen and oxygen atoms in total. The van der Waals surface area contributed by atoms with Crippen LogP contribution in [-0.4, -0.2) is 45.8 Å². The number of hydrogen-bond donors (Lipinski definition) is 1. The van der Waals surface area contributed by atoms with Crippen molar-refractivity contribution in [2.45, 2.75) is 50.7 Å². The average Bonchev–Trinajstić information content (AvgIpc) is 2.94. The Morgan fingerprint density at radius 1 is 1.36 bits per heavy atom. The van der Waals surface area contributed by atoms with Crippen molar-refractivity contribution in [2.24, 2.45) is 18.7 Å². The summed E-state index contributed by atoms with van der Waals surface area (Å²) < 4.78 is 7.77. The molecule has 1 aromatic rings. The summed E-state index contributed by atoms with van der Waals surface area (Å²) >= 11 is 0. The fourth-order valence-corrected chi connectivity index (χ4v) is 3.91. The molecule has 2 N–H and O–H groups in total. The van der Waals surface area contributed by atoms with Gasteiger partial charge in [-0.15, -0.1) is 24.8 Å². The molecule has 0 spiro atoms. The second-order valence-electron chi connectivity index (χ2n) is 7.55. The molecule has 2 fully saturated rings. The van der Waals surface area contributed by atoms with Gasteiger partial charge in [-0.1, -0.05) is 12.8 Å². The fourth-order valence-electron chi connectivity index (χ4n) is 3.91. The van der Waals surface area contributed by atoms with Crippen LogP contribution in [0.1, 0.15) is 45.1 Å². The number of amides is 1. The molecule has 1 aliphatic heterocycles. The molecule has 1 saturated heterocycles. The highest BCUT2D eigenvalue weighted by molar-refractivity contribution is 5.85. The minimum atomic E-state index is -0.498. The number of aromatic nitrogens is 2. The molecular formula is C17H30Cl2N4O2. The van der Waals surface area contributed by atoms with E-state index < -0.39 is 11.1 Å². The molecule has 1 amide bonds. The van der Waals surface area contributed by atoms with Gasteiger partial charge in [0.2, 0.25) is 5.91 Å². The third-order valence-electron chi connectivity index (χ3n) is 5.45. The summed E-state index contributed by atoms with van der Waals surface area (Å²) in [6.45, 7) is 5.80. The lowest BCUT2D eigenvalue weighted by molar-refractivity contribution is -0.156. The van der Waals surface area contributed by atoms with E-state index >= 15 is 0 Å². The summed E-state index contributed by atoms with van der Waals surface area (Å²) in [5.74, 6) is 0.112. The predicted octanol–water partition coefficient (Wildman–Crippen LogP) is 2.25. The Morgan fingerprint density at radius 2 is 2.08 bits per heavy atom. The predicted molar refractivity (Wildman–Crippen MR) is 102 cm³/mol. The van der Waals surface area contributed by atoms with Crippen LogP contribution in [-0.2, 0) is 22.2 Å². The minimum Gasteiger partial charge on any atom is -0.367 e. The number of carbonyl (C=O) groups excluding carboxylic acids is 1. The van der Waals surface area contributed by atoms with Gasteiger partial charge in [0.15, 0.2) is 0 Å². The molecule has 0 aromatic carbocycles. The maximum atomic E-state index is 13.1. The lowest BCUT2D eigenvalue weighted by Crippen LogP contribution is -2.58. The van der Waals surface area contributed by atoms with E-state index in [1.807, 2.05) is 38.2 Å². The van der Waals surface area contributed by atoms with Crippen LogP contribution in [0.25, 0.3) is 0 Å². The molecule has 0 bridgehead atoms. The maximum absolute atomic E-state index is 13.1. The molecule has 8 heteroatoms. The quantitative estimate of drug-likeness (QED) is 0.837. The number of rotatable bonds is 2. The number of morpholine rings is 1. The summed E-state index contributed by atoms with van der Waals surface area (Å²) in [5, 5.41) is 4.23. The van der Waals surface area contributed by atoms with Crippen molar-refractivity contribution in [1.82, 2.24) is 14.7 Å². The van der Waals surface area contributed by atoms with E-state index in [1.165, 1.54) is 0 Å². The first-order valence-corrected chi connectivity index (χ1v) is 8.53. The van der Waals surface area contributed by atoms with Crippen LogP contribution < -0.4 is 5.73 Å². The summed E-state index contributed by atoms with van der Waals surface area (Å²) in [4.78, 5) is 15.0. The normalized spacial score (nSPS) is 32.5. The zero-order valence-electron chi connectivity index (χ0n) is 15.2. The standard InChI is InChI=1S/C17H28N4O2.2ClH/c1-16(18)7-5-4-6-14(16)15(22)21-8-9-23-17(2,12-21)13-10-19-20(3)11-13;;/h10-11,14H,4-9,12,18H2,1-3H3;2*1H. The third-order valence-corrected chi connectivity index (χ3v) is 5.45. The number of carbonyl (C=O) groups is 1. The number of halogens is 2. The smallest absolute Gasteiger partial charge is 0.227 e. The first kappa shape index (κ1) is 22.2. The van der Waals surface area contributed by atoms with Crippen molar-refractivity contribution < 1.29 is 9.53 Å². The van der Waals surface area contributed by atoms with Crippen LogP contribution in [0.4, 0.5) is 0 Å². The lowest BCUT2D eigenvalue weighted by Gasteiger charge is -2.44. The van der Waals surface area contributed by atoms with Gasteiger partial charge in [-0.3, -0.25) is 9.48 Å². The molecule has 25 heavy (non-hydrogen) atoms. The molecule has 1 aliphatic carbocycles. The van der Waals surface area contributed by atoms with Gasteiger partial charge in [0.05, 0.1) is 25.3 Å². The summed E-state index contributed by atoms with van der Waals surface area (Å²) in [6, 6.07) is 0. The second-order valence-corrected chi connectivity index (χ2v) is 7.55. The lowest BCUT2D eigenvalue weighted by atomic mass is 9.73. The topological polar surface area (TPSA) is 73.4 Å². The van der Waals surface area contributed by atoms with E-state index in [4.69, 9.17) is 10.5 Å². The van der Waals surface area contributed by atoms with Crippen LogP contribution in [0.2, 0.25) is 0 Å². The van der Waals surface area contributed by atoms with E-state index in [0.717, 1.165) is 31.2 Å². The van der Waals surface area contributed by atoms with Gasteiger partial charge in [-0.25, -0.2) is 0 Å². The van der Waals surface area contributed by atoms with E-state index in [9.17, 15) is 4.79 Å². The number of aryl methyl sites for hydroxylation is 1. The van der Waals surface area contributed by atoms with Crippen LogP contribution in [0, 0.1) is 5.92 Å². The van der Waals surface area contributed by atoms with Crippen molar-refractivity contribution in [3.63, 3.8) is 0 Å². The summed E-state index contributed by atoms with van der Waals surface area (Å²) in [5.41, 5.74) is 6.54. The van der Waals surface area contributed by atoms with Crippen molar-refractivity contribution in [3.05, 3.63) is 18.0 Å². The Bertz CT molecular complexity index is 593. The van der Waals surface area contributed by atoms with E-state index in [0.29, 0.717) is 19.7 Å². The molecular weight excluding hydrogens is 363 g/mol. The molecule has 1 aromatic heterocycles. The first-order valence-electron chi connectivity index (χ1n) is 8.53. The molecule has 2 aliphatic rings. The van der Waals surface area contributed by atoms with Gasteiger partial charge in [-0.05, 0) is 26.7 Å². The van der Waals surface area contributed by atoms with Gasteiger partial charge in [-0.2, -0.15) is 5.10 Å². The van der Waals surface area contributed by atoms with Crippen LogP contribution in [0.3, 0.4) is 0 Å². The number of hydrogen-bond acceptors (Lipinski definition) is 4. The van der Waals surface area contributed by atoms with Crippen molar-refractivity contribution in [1.29, 1.82) is 0 Å². The van der Waals surface area contributed by atoms with Crippen molar-refractivity contribution >= 4 is 30.7 Å².